The molecule has 1 N–H and O–H groups in total. The number of aryl methyl sites for hydroxylation is 1. The van der Waals surface area contributed by atoms with E-state index < -0.39 is 0 Å². The summed E-state index contributed by atoms with van der Waals surface area (Å²) >= 11 is 0. The number of hydrogen-bond donors (Lipinski definition) is 1. The Hall–Kier alpha value is -2.68. The molecule has 0 radical (unpaired) electrons. The minimum absolute atomic E-state index is 0.726. The Balaban J connectivity index is 1.82. The van der Waals surface area contributed by atoms with Crippen molar-refractivity contribution in [3.05, 3.63) is 59.7 Å². The van der Waals surface area contributed by atoms with Gasteiger partial charge in [-0.1, -0.05) is 36.4 Å². The topological polar surface area (TPSA) is 42.0 Å². The number of anilines is 1. The molecule has 1 aromatic heterocycles. The lowest BCUT2D eigenvalue weighted by atomic mass is 10.00. The first-order chi connectivity index (χ1) is 10.8. The second kappa shape index (κ2) is 5.26. The third-order valence-electron chi connectivity index (χ3n) is 4.23. The van der Waals surface area contributed by atoms with E-state index in [2.05, 4.69) is 23.5 Å². The summed E-state index contributed by atoms with van der Waals surface area (Å²) in [6, 6.07) is 16.2. The van der Waals surface area contributed by atoms with Gasteiger partial charge in [0.05, 0.1) is 5.69 Å². The van der Waals surface area contributed by atoms with Crippen molar-refractivity contribution < 1.29 is 4.79 Å². The van der Waals surface area contributed by atoms with Crippen molar-refractivity contribution in [2.75, 3.05) is 11.9 Å². The van der Waals surface area contributed by atoms with Crippen LogP contribution in [0.2, 0.25) is 0 Å². The third kappa shape index (κ3) is 2.15. The Morgan fingerprint density at radius 3 is 2.95 bits per heavy atom. The van der Waals surface area contributed by atoms with Crippen LogP contribution < -0.4 is 5.32 Å². The number of carbonyl (C=O) groups is 1. The number of nitrogens with zero attached hydrogens (tertiary/aromatic N) is 1. The van der Waals surface area contributed by atoms with Gasteiger partial charge in [-0.3, -0.25) is 4.79 Å². The van der Waals surface area contributed by atoms with Crippen LogP contribution >= 0.6 is 0 Å². The summed E-state index contributed by atoms with van der Waals surface area (Å²) in [7, 11) is 0. The molecule has 3 aromatic rings. The van der Waals surface area contributed by atoms with Gasteiger partial charge in [0.2, 0.25) is 0 Å². The summed E-state index contributed by atoms with van der Waals surface area (Å²) in [6.07, 6.45) is 3.16. The lowest BCUT2D eigenvalue weighted by molar-refractivity contribution is 0.112. The number of aldehydes is 1. The van der Waals surface area contributed by atoms with Gasteiger partial charge in [-0.05, 0) is 41.3 Å². The van der Waals surface area contributed by atoms with Crippen LogP contribution in [0.15, 0.2) is 48.5 Å². The molecular weight excluding hydrogens is 272 g/mol. The molecule has 0 spiro atoms. The van der Waals surface area contributed by atoms with Crippen molar-refractivity contribution in [1.82, 2.24) is 4.98 Å². The van der Waals surface area contributed by atoms with Gasteiger partial charge in [-0.2, -0.15) is 0 Å². The van der Waals surface area contributed by atoms with Crippen LogP contribution in [0.5, 0.6) is 0 Å². The van der Waals surface area contributed by atoms with E-state index in [-0.39, 0.29) is 0 Å². The van der Waals surface area contributed by atoms with E-state index in [9.17, 15) is 4.79 Å². The normalized spacial score (nSPS) is 13.5. The minimum atomic E-state index is 0.726. The second-order valence-corrected chi connectivity index (χ2v) is 5.64. The summed E-state index contributed by atoms with van der Waals surface area (Å²) in [5.74, 6) is 1.01. The molecule has 4 rings (SSSR count). The summed E-state index contributed by atoms with van der Waals surface area (Å²) < 4.78 is 0. The molecule has 0 atom stereocenters. The van der Waals surface area contributed by atoms with Crippen LogP contribution in [-0.2, 0) is 6.42 Å². The number of benzene rings is 2. The molecule has 0 amide bonds. The Kier molecular flexibility index (Phi) is 3.11. The Labute approximate surface area is 129 Å². The maximum Gasteiger partial charge on any atom is 0.150 e. The maximum absolute atomic E-state index is 11.1. The van der Waals surface area contributed by atoms with Gasteiger partial charge in [0.25, 0.3) is 0 Å². The van der Waals surface area contributed by atoms with Crippen LogP contribution in [0.3, 0.4) is 0 Å². The highest BCUT2D eigenvalue weighted by molar-refractivity contribution is 5.99. The average molecular weight is 288 g/mol. The third-order valence-corrected chi connectivity index (χ3v) is 4.23. The number of aromatic nitrogens is 1. The molecule has 3 heteroatoms. The second-order valence-electron chi connectivity index (χ2n) is 5.64. The molecule has 0 saturated carbocycles. The monoisotopic (exact) mass is 288 g/mol. The first-order valence-corrected chi connectivity index (χ1v) is 7.57. The largest absolute Gasteiger partial charge is 0.370 e. The van der Waals surface area contributed by atoms with Crippen LogP contribution in [0, 0.1) is 0 Å². The fraction of sp³-hybridized carbons (Fsp3) is 0.158. The van der Waals surface area contributed by atoms with Gasteiger partial charge in [0.1, 0.15) is 5.82 Å². The van der Waals surface area contributed by atoms with Gasteiger partial charge < -0.3 is 5.32 Å². The number of nitrogens with one attached hydrogen (secondary N) is 1. The lowest BCUT2D eigenvalue weighted by Gasteiger charge is -2.17. The molecule has 108 valence electrons. The van der Waals surface area contributed by atoms with E-state index in [1.165, 1.54) is 12.0 Å². The van der Waals surface area contributed by atoms with Crippen molar-refractivity contribution in [3.63, 3.8) is 0 Å². The SMILES string of the molecule is O=Cc1cccc2cc(-c3ccc4c(n3)NCCC4)ccc12. The summed E-state index contributed by atoms with van der Waals surface area (Å²) in [5.41, 5.74) is 4.06. The van der Waals surface area contributed by atoms with Gasteiger partial charge in [0.15, 0.2) is 6.29 Å². The number of rotatable bonds is 2. The molecule has 0 aliphatic carbocycles. The van der Waals surface area contributed by atoms with Gasteiger partial charge in [-0.25, -0.2) is 4.98 Å². The van der Waals surface area contributed by atoms with E-state index in [0.29, 0.717) is 0 Å². The molecule has 0 fully saturated rings. The van der Waals surface area contributed by atoms with Crippen molar-refractivity contribution >= 4 is 22.9 Å². The van der Waals surface area contributed by atoms with Gasteiger partial charge >= 0.3 is 0 Å². The first-order valence-electron chi connectivity index (χ1n) is 7.57. The fourth-order valence-corrected chi connectivity index (χ4v) is 3.06. The number of pyridine rings is 1. The Morgan fingerprint density at radius 2 is 2.05 bits per heavy atom. The highest BCUT2D eigenvalue weighted by atomic mass is 16.1. The predicted octanol–water partition coefficient (Wildman–Crippen LogP) is 4.07. The van der Waals surface area contributed by atoms with E-state index in [0.717, 1.165) is 52.7 Å². The zero-order valence-electron chi connectivity index (χ0n) is 12.2. The fourth-order valence-electron chi connectivity index (χ4n) is 3.06. The molecule has 0 bridgehead atoms. The molecule has 3 nitrogen and oxygen atoms in total. The van der Waals surface area contributed by atoms with Crippen molar-refractivity contribution in [2.24, 2.45) is 0 Å². The summed E-state index contributed by atoms with van der Waals surface area (Å²) in [6.45, 7) is 0.990. The zero-order valence-corrected chi connectivity index (χ0v) is 12.2. The van der Waals surface area contributed by atoms with Gasteiger partial charge in [0, 0.05) is 17.7 Å². The molecular formula is C19H16N2O. The van der Waals surface area contributed by atoms with Crippen molar-refractivity contribution in [3.8, 4) is 11.3 Å². The molecule has 22 heavy (non-hydrogen) atoms. The Morgan fingerprint density at radius 1 is 1.09 bits per heavy atom. The van der Waals surface area contributed by atoms with E-state index in [4.69, 9.17) is 4.98 Å². The number of fused-ring (bicyclic) bond motifs is 2. The van der Waals surface area contributed by atoms with Crippen LogP contribution in [0.4, 0.5) is 5.82 Å². The van der Waals surface area contributed by atoms with Crippen LogP contribution in [0.1, 0.15) is 22.3 Å². The maximum atomic E-state index is 11.1. The number of hydrogen-bond acceptors (Lipinski definition) is 3. The standard InChI is InChI=1S/C19H16N2O/c22-12-16-4-1-3-14-11-15(6-8-17(14)16)18-9-7-13-5-2-10-20-19(13)21-18/h1,3-4,6-9,11-12H,2,5,10H2,(H,20,21). The Bertz CT molecular complexity index is 870. The smallest absolute Gasteiger partial charge is 0.150 e. The van der Waals surface area contributed by atoms with Crippen LogP contribution in [-0.4, -0.2) is 17.8 Å². The highest BCUT2D eigenvalue weighted by Gasteiger charge is 2.11. The molecule has 1 aliphatic heterocycles. The molecule has 2 aromatic carbocycles. The molecule has 2 heterocycles. The van der Waals surface area contributed by atoms with Crippen molar-refractivity contribution in [2.45, 2.75) is 12.8 Å². The van der Waals surface area contributed by atoms with Crippen LogP contribution in [0.25, 0.3) is 22.0 Å². The zero-order chi connectivity index (χ0) is 14.9. The van der Waals surface area contributed by atoms with E-state index >= 15 is 0 Å². The number of carbonyl (C=O) groups excluding carboxylic acids is 1. The minimum Gasteiger partial charge on any atom is -0.370 e. The predicted molar refractivity (Wildman–Crippen MR) is 89.4 cm³/mol. The molecule has 1 aliphatic rings. The first kappa shape index (κ1) is 13.0. The molecule has 0 unspecified atom stereocenters. The van der Waals surface area contributed by atoms with E-state index in [1.54, 1.807) is 0 Å². The molecule has 0 saturated heterocycles. The van der Waals surface area contributed by atoms with Gasteiger partial charge in [-0.15, -0.1) is 0 Å². The average Bonchev–Trinajstić information content (AvgIpc) is 2.60. The van der Waals surface area contributed by atoms with E-state index in [1.807, 2.05) is 30.3 Å². The highest BCUT2D eigenvalue weighted by Crippen LogP contribution is 2.28. The van der Waals surface area contributed by atoms with Crippen molar-refractivity contribution in [1.29, 1.82) is 0 Å². The lowest BCUT2D eigenvalue weighted by Crippen LogP contribution is -2.13. The summed E-state index contributed by atoms with van der Waals surface area (Å²) in [4.78, 5) is 15.9. The quantitative estimate of drug-likeness (QED) is 0.723. The summed E-state index contributed by atoms with van der Waals surface area (Å²) in [5, 5.41) is 5.42.